The standard InChI is InChI=1S/C15H10Cl4O2/c1-2-13(20)21-15-11(17)6-5-10(14(15)19)9-4-3-8(16)7-12(9)18/h3-7H,2H2,1H3. The van der Waals surface area contributed by atoms with E-state index in [9.17, 15) is 4.79 Å². The van der Waals surface area contributed by atoms with Crippen molar-refractivity contribution in [3.8, 4) is 16.9 Å². The summed E-state index contributed by atoms with van der Waals surface area (Å²) in [5.41, 5.74) is 1.29. The van der Waals surface area contributed by atoms with Gasteiger partial charge in [0.25, 0.3) is 0 Å². The molecule has 0 saturated heterocycles. The molecule has 0 spiro atoms. The molecule has 0 atom stereocenters. The summed E-state index contributed by atoms with van der Waals surface area (Å²) in [6.45, 7) is 1.68. The van der Waals surface area contributed by atoms with Crippen molar-refractivity contribution in [3.63, 3.8) is 0 Å². The van der Waals surface area contributed by atoms with Gasteiger partial charge in [0.2, 0.25) is 0 Å². The average molecular weight is 364 g/mol. The maximum atomic E-state index is 11.5. The first-order chi connectivity index (χ1) is 9.93. The predicted molar refractivity (Wildman–Crippen MR) is 87.8 cm³/mol. The normalized spacial score (nSPS) is 10.5. The first-order valence-electron chi connectivity index (χ1n) is 6.08. The minimum atomic E-state index is -0.418. The molecule has 0 bridgehead atoms. The van der Waals surface area contributed by atoms with Gasteiger partial charge in [0, 0.05) is 27.6 Å². The van der Waals surface area contributed by atoms with Gasteiger partial charge in [-0.1, -0.05) is 65.5 Å². The molecule has 0 heterocycles. The van der Waals surface area contributed by atoms with E-state index in [1.165, 1.54) is 0 Å². The molecule has 2 aromatic carbocycles. The van der Waals surface area contributed by atoms with Crippen LogP contribution in [0.4, 0.5) is 0 Å². The topological polar surface area (TPSA) is 26.3 Å². The summed E-state index contributed by atoms with van der Waals surface area (Å²) in [6.07, 6.45) is 0.221. The lowest BCUT2D eigenvalue weighted by Crippen LogP contribution is -2.06. The van der Waals surface area contributed by atoms with Gasteiger partial charge in [0.1, 0.15) is 0 Å². The number of hydrogen-bond acceptors (Lipinski definition) is 2. The monoisotopic (exact) mass is 362 g/mol. The Kier molecular flexibility index (Phi) is 5.39. The number of benzene rings is 2. The van der Waals surface area contributed by atoms with Crippen molar-refractivity contribution in [2.24, 2.45) is 0 Å². The Labute approximate surface area is 142 Å². The van der Waals surface area contributed by atoms with E-state index < -0.39 is 5.97 Å². The molecule has 2 aromatic rings. The van der Waals surface area contributed by atoms with E-state index in [-0.39, 0.29) is 22.2 Å². The van der Waals surface area contributed by atoms with Crippen LogP contribution in [0.15, 0.2) is 30.3 Å². The molecular formula is C15H10Cl4O2. The number of rotatable bonds is 3. The van der Waals surface area contributed by atoms with Crippen LogP contribution in [0.5, 0.6) is 5.75 Å². The molecular weight excluding hydrogens is 354 g/mol. The molecule has 0 aliphatic carbocycles. The van der Waals surface area contributed by atoms with Gasteiger partial charge < -0.3 is 4.74 Å². The van der Waals surface area contributed by atoms with Crippen LogP contribution < -0.4 is 4.74 Å². The maximum absolute atomic E-state index is 11.5. The van der Waals surface area contributed by atoms with Gasteiger partial charge >= 0.3 is 5.97 Å². The number of carbonyl (C=O) groups excluding carboxylic acids is 1. The van der Waals surface area contributed by atoms with E-state index >= 15 is 0 Å². The van der Waals surface area contributed by atoms with Crippen molar-refractivity contribution in [3.05, 3.63) is 50.4 Å². The van der Waals surface area contributed by atoms with Crippen LogP contribution >= 0.6 is 46.4 Å². The van der Waals surface area contributed by atoms with E-state index in [2.05, 4.69) is 0 Å². The van der Waals surface area contributed by atoms with Crippen LogP contribution in [0.25, 0.3) is 11.1 Å². The summed E-state index contributed by atoms with van der Waals surface area (Å²) >= 11 is 24.4. The molecule has 0 unspecified atom stereocenters. The van der Waals surface area contributed by atoms with Crippen molar-refractivity contribution in [1.82, 2.24) is 0 Å². The van der Waals surface area contributed by atoms with Gasteiger partial charge in [0.05, 0.1) is 10.0 Å². The Hall–Kier alpha value is -0.930. The van der Waals surface area contributed by atoms with Crippen molar-refractivity contribution in [2.75, 3.05) is 0 Å². The SMILES string of the molecule is CCC(=O)Oc1c(Cl)ccc(-c2ccc(Cl)cc2Cl)c1Cl. The van der Waals surface area contributed by atoms with Crippen LogP contribution in [0.1, 0.15) is 13.3 Å². The number of halogens is 4. The first-order valence-corrected chi connectivity index (χ1v) is 7.59. The van der Waals surface area contributed by atoms with E-state index in [0.717, 1.165) is 0 Å². The van der Waals surface area contributed by atoms with Gasteiger partial charge in [0.15, 0.2) is 5.75 Å². The number of hydrogen-bond donors (Lipinski definition) is 0. The average Bonchev–Trinajstić information content (AvgIpc) is 2.44. The fraction of sp³-hybridized carbons (Fsp3) is 0.133. The lowest BCUT2D eigenvalue weighted by atomic mass is 10.1. The summed E-state index contributed by atoms with van der Waals surface area (Å²) < 4.78 is 5.18. The molecule has 0 amide bonds. The molecule has 110 valence electrons. The lowest BCUT2D eigenvalue weighted by Gasteiger charge is -2.13. The minimum Gasteiger partial charge on any atom is -0.423 e. The van der Waals surface area contributed by atoms with Gasteiger partial charge in [-0.2, -0.15) is 0 Å². The number of carbonyl (C=O) groups is 1. The zero-order chi connectivity index (χ0) is 15.6. The zero-order valence-corrected chi connectivity index (χ0v) is 13.9. The van der Waals surface area contributed by atoms with Crippen molar-refractivity contribution in [2.45, 2.75) is 13.3 Å². The fourth-order valence-corrected chi connectivity index (χ4v) is 2.79. The molecule has 21 heavy (non-hydrogen) atoms. The highest BCUT2D eigenvalue weighted by molar-refractivity contribution is 6.40. The van der Waals surface area contributed by atoms with E-state index in [1.54, 1.807) is 37.3 Å². The quantitative estimate of drug-likeness (QED) is 0.473. The Morgan fingerprint density at radius 2 is 1.67 bits per heavy atom. The van der Waals surface area contributed by atoms with Gasteiger partial charge in [-0.3, -0.25) is 4.79 Å². The summed E-state index contributed by atoms with van der Waals surface area (Å²) in [7, 11) is 0. The smallest absolute Gasteiger partial charge is 0.310 e. The maximum Gasteiger partial charge on any atom is 0.310 e. The van der Waals surface area contributed by atoms with Gasteiger partial charge in [-0.05, 0) is 18.2 Å². The number of esters is 1. The minimum absolute atomic E-state index is 0.133. The fourth-order valence-electron chi connectivity index (χ4n) is 1.73. The second kappa shape index (κ2) is 6.89. The van der Waals surface area contributed by atoms with Crippen LogP contribution in [0.2, 0.25) is 20.1 Å². The lowest BCUT2D eigenvalue weighted by molar-refractivity contribution is -0.134. The molecule has 0 N–H and O–H groups in total. The summed E-state index contributed by atoms with van der Waals surface area (Å²) in [4.78, 5) is 11.5. The molecule has 0 aromatic heterocycles. The third-order valence-corrected chi connectivity index (χ3v) is 4.00. The van der Waals surface area contributed by atoms with Gasteiger partial charge in [-0.15, -0.1) is 0 Å². The van der Waals surface area contributed by atoms with Crippen molar-refractivity contribution < 1.29 is 9.53 Å². The predicted octanol–water partition coefficient (Wildman–Crippen LogP) is 6.28. The van der Waals surface area contributed by atoms with Crippen molar-refractivity contribution >= 4 is 52.4 Å². The van der Waals surface area contributed by atoms with E-state index in [4.69, 9.17) is 51.1 Å². The van der Waals surface area contributed by atoms with Crippen molar-refractivity contribution in [1.29, 1.82) is 0 Å². The number of ether oxygens (including phenoxy) is 1. The Balaban J connectivity index is 2.55. The third-order valence-electron chi connectivity index (χ3n) is 2.77. The molecule has 0 saturated carbocycles. The molecule has 0 aliphatic heterocycles. The molecule has 0 radical (unpaired) electrons. The molecule has 0 fully saturated rings. The Morgan fingerprint density at radius 3 is 2.29 bits per heavy atom. The van der Waals surface area contributed by atoms with Crippen LogP contribution in [-0.4, -0.2) is 5.97 Å². The highest BCUT2D eigenvalue weighted by Gasteiger charge is 2.17. The summed E-state index contributed by atoms with van der Waals surface area (Å²) in [5, 5.41) is 1.45. The van der Waals surface area contributed by atoms with Crippen LogP contribution in [0.3, 0.4) is 0 Å². The van der Waals surface area contributed by atoms with Crippen LogP contribution in [-0.2, 0) is 4.79 Å². The van der Waals surface area contributed by atoms with E-state index in [1.807, 2.05) is 0 Å². The highest BCUT2D eigenvalue weighted by Crippen LogP contribution is 2.42. The van der Waals surface area contributed by atoms with Gasteiger partial charge in [-0.25, -0.2) is 0 Å². The second-order valence-electron chi connectivity index (χ2n) is 4.19. The molecule has 2 nitrogen and oxygen atoms in total. The summed E-state index contributed by atoms with van der Waals surface area (Å²) in [6, 6.07) is 8.37. The molecule has 2 rings (SSSR count). The second-order valence-corrected chi connectivity index (χ2v) is 5.82. The van der Waals surface area contributed by atoms with Crippen LogP contribution in [0, 0.1) is 0 Å². The Bertz CT molecular complexity index is 698. The molecule has 0 aliphatic rings. The third kappa shape index (κ3) is 3.64. The van der Waals surface area contributed by atoms with E-state index in [0.29, 0.717) is 21.2 Å². The molecule has 6 heteroatoms. The zero-order valence-electron chi connectivity index (χ0n) is 10.9. The largest absolute Gasteiger partial charge is 0.423 e. The Morgan fingerprint density at radius 1 is 1.00 bits per heavy atom. The summed E-state index contributed by atoms with van der Waals surface area (Å²) in [5.74, 6) is -0.285. The highest BCUT2D eigenvalue weighted by atomic mass is 35.5. The first kappa shape index (κ1) is 16.4.